The zero-order valence-corrected chi connectivity index (χ0v) is 19.5. The SMILES string of the molecule is CCc1ccc(-c2c(C#N)c(N)nc(SC(CC)C(=O)Nc3cccc(C)n3)c2C#N)cc1. The van der Waals surface area contributed by atoms with Crippen LogP contribution < -0.4 is 11.1 Å². The number of thioether (sulfide) groups is 1. The van der Waals surface area contributed by atoms with E-state index >= 15 is 0 Å². The molecule has 0 saturated heterocycles. The van der Waals surface area contributed by atoms with Crippen molar-refractivity contribution in [3.05, 3.63) is 64.8 Å². The van der Waals surface area contributed by atoms with Gasteiger partial charge in [0.2, 0.25) is 5.91 Å². The number of benzene rings is 1. The summed E-state index contributed by atoms with van der Waals surface area (Å²) in [4.78, 5) is 21.6. The van der Waals surface area contributed by atoms with E-state index in [1.807, 2.05) is 50.2 Å². The third-order valence-corrected chi connectivity index (χ3v) is 6.47. The number of nitrogen functional groups attached to an aromatic ring is 1. The van der Waals surface area contributed by atoms with Gasteiger partial charge in [0.05, 0.1) is 10.8 Å². The van der Waals surface area contributed by atoms with Crippen LogP contribution in [0.2, 0.25) is 0 Å². The van der Waals surface area contributed by atoms with Crippen LogP contribution in [0.25, 0.3) is 11.1 Å². The molecule has 0 radical (unpaired) electrons. The molecule has 0 aliphatic carbocycles. The largest absolute Gasteiger partial charge is 0.383 e. The van der Waals surface area contributed by atoms with Gasteiger partial charge in [-0.3, -0.25) is 4.79 Å². The second-order valence-corrected chi connectivity index (χ2v) is 8.56. The number of carbonyl (C=O) groups is 1. The van der Waals surface area contributed by atoms with Crippen molar-refractivity contribution in [2.75, 3.05) is 11.1 Å². The predicted octanol–water partition coefficient (Wildman–Crippen LogP) is 4.85. The molecule has 0 saturated carbocycles. The summed E-state index contributed by atoms with van der Waals surface area (Å²) in [6.07, 6.45) is 1.37. The second kappa shape index (κ2) is 10.6. The Morgan fingerprint density at radius 1 is 1.09 bits per heavy atom. The minimum atomic E-state index is -0.533. The highest BCUT2D eigenvalue weighted by molar-refractivity contribution is 8.00. The lowest BCUT2D eigenvalue weighted by Crippen LogP contribution is -2.25. The summed E-state index contributed by atoms with van der Waals surface area (Å²) in [5.74, 6) is 0.246. The summed E-state index contributed by atoms with van der Waals surface area (Å²) in [6.45, 7) is 5.78. The van der Waals surface area contributed by atoms with E-state index in [9.17, 15) is 15.3 Å². The molecule has 2 heterocycles. The lowest BCUT2D eigenvalue weighted by atomic mass is 9.96. The molecule has 8 heteroatoms. The van der Waals surface area contributed by atoms with Gasteiger partial charge in [-0.2, -0.15) is 10.5 Å². The fraction of sp³-hybridized carbons (Fsp3) is 0.240. The van der Waals surface area contributed by atoms with Crippen LogP contribution in [0, 0.1) is 29.6 Å². The van der Waals surface area contributed by atoms with E-state index in [1.165, 1.54) is 0 Å². The first-order valence-electron chi connectivity index (χ1n) is 10.6. The molecule has 0 aliphatic heterocycles. The number of pyridine rings is 2. The first-order chi connectivity index (χ1) is 15.9. The van der Waals surface area contributed by atoms with E-state index in [4.69, 9.17) is 5.73 Å². The Morgan fingerprint density at radius 2 is 1.79 bits per heavy atom. The van der Waals surface area contributed by atoms with Crippen molar-refractivity contribution in [3.63, 3.8) is 0 Å². The molecule has 166 valence electrons. The number of rotatable bonds is 7. The van der Waals surface area contributed by atoms with Crippen LogP contribution in [-0.2, 0) is 11.2 Å². The molecular formula is C25H24N6OS. The van der Waals surface area contributed by atoms with Gasteiger partial charge in [0.15, 0.2) is 0 Å². The normalized spacial score (nSPS) is 11.3. The molecule has 0 bridgehead atoms. The highest BCUT2D eigenvalue weighted by atomic mass is 32.2. The highest BCUT2D eigenvalue weighted by Crippen LogP contribution is 2.37. The number of aromatic nitrogens is 2. The Labute approximate surface area is 197 Å². The lowest BCUT2D eigenvalue weighted by Gasteiger charge is -2.17. The van der Waals surface area contributed by atoms with Crippen molar-refractivity contribution >= 4 is 29.3 Å². The first kappa shape index (κ1) is 23.8. The summed E-state index contributed by atoms with van der Waals surface area (Å²) >= 11 is 1.16. The standard InChI is InChI=1S/C25H24N6OS/c1-4-16-9-11-17(12-10-16)22-18(13-26)23(28)31-25(19(22)14-27)33-20(5-2)24(32)30-21-8-6-7-15(3)29-21/h6-12,20H,4-5H2,1-3H3,(H2,28,31)(H,29,30,32). The molecule has 0 fully saturated rings. The first-order valence-corrected chi connectivity index (χ1v) is 11.4. The molecule has 3 N–H and O–H groups in total. The number of nitrogens with one attached hydrogen (secondary N) is 1. The molecule has 33 heavy (non-hydrogen) atoms. The van der Waals surface area contributed by atoms with Crippen molar-refractivity contribution in [3.8, 4) is 23.3 Å². The molecule has 3 aromatic rings. The van der Waals surface area contributed by atoms with E-state index < -0.39 is 5.25 Å². The van der Waals surface area contributed by atoms with Crippen LogP contribution in [0.4, 0.5) is 11.6 Å². The van der Waals surface area contributed by atoms with E-state index in [1.54, 1.807) is 6.07 Å². The molecule has 0 spiro atoms. The van der Waals surface area contributed by atoms with Gasteiger partial charge in [0.1, 0.15) is 34.4 Å². The zero-order chi connectivity index (χ0) is 24.0. The molecule has 0 aliphatic rings. The Kier molecular flexibility index (Phi) is 7.66. The Morgan fingerprint density at radius 3 is 2.36 bits per heavy atom. The third-order valence-electron chi connectivity index (χ3n) is 5.12. The summed E-state index contributed by atoms with van der Waals surface area (Å²) in [5, 5.41) is 22.3. The Bertz CT molecular complexity index is 1260. The number of nitrogens with zero attached hydrogens (tertiary/aromatic N) is 4. The molecule has 2 aromatic heterocycles. The van der Waals surface area contributed by atoms with Crippen molar-refractivity contribution in [1.29, 1.82) is 10.5 Å². The smallest absolute Gasteiger partial charge is 0.239 e. The van der Waals surface area contributed by atoms with Crippen molar-refractivity contribution < 1.29 is 4.79 Å². The zero-order valence-electron chi connectivity index (χ0n) is 18.7. The van der Waals surface area contributed by atoms with Crippen LogP contribution >= 0.6 is 11.8 Å². The molecular weight excluding hydrogens is 432 g/mol. The highest BCUT2D eigenvalue weighted by Gasteiger charge is 2.25. The maximum Gasteiger partial charge on any atom is 0.239 e. The van der Waals surface area contributed by atoms with Gasteiger partial charge in [-0.05, 0) is 43.0 Å². The van der Waals surface area contributed by atoms with Gasteiger partial charge in [-0.15, -0.1) is 0 Å². The van der Waals surface area contributed by atoms with Gasteiger partial charge in [-0.25, -0.2) is 9.97 Å². The van der Waals surface area contributed by atoms with Crippen molar-refractivity contribution in [2.24, 2.45) is 0 Å². The summed E-state index contributed by atoms with van der Waals surface area (Å²) < 4.78 is 0. The molecule has 1 unspecified atom stereocenters. The van der Waals surface area contributed by atoms with Crippen molar-refractivity contribution in [2.45, 2.75) is 43.9 Å². The summed E-state index contributed by atoms with van der Waals surface area (Å²) in [5.41, 5.74) is 9.58. The van der Waals surface area contributed by atoms with Gasteiger partial charge in [0.25, 0.3) is 0 Å². The number of amides is 1. The average Bonchev–Trinajstić information content (AvgIpc) is 2.82. The number of hydrogen-bond acceptors (Lipinski definition) is 7. The Balaban J connectivity index is 2.01. The van der Waals surface area contributed by atoms with Gasteiger partial charge >= 0.3 is 0 Å². The van der Waals surface area contributed by atoms with Gasteiger partial charge in [-0.1, -0.05) is 55.9 Å². The minimum Gasteiger partial charge on any atom is -0.383 e. The quantitative estimate of drug-likeness (QED) is 0.486. The molecule has 1 aromatic carbocycles. The number of anilines is 2. The second-order valence-electron chi connectivity index (χ2n) is 7.37. The van der Waals surface area contributed by atoms with E-state index in [0.29, 0.717) is 28.4 Å². The third kappa shape index (κ3) is 5.31. The fourth-order valence-corrected chi connectivity index (χ4v) is 4.37. The number of nitrogens with two attached hydrogens (primary N) is 1. The summed E-state index contributed by atoms with van der Waals surface area (Å²) in [6, 6.07) is 17.3. The fourth-order valence-electron chi connectivity index (χ4n) is 3.36. The van der Waals surface area contributed by atoms with E-state index in [0.717, 1.165) is 29.4 Å². The number of carbonyl (C=O) groups excluding carboxylic acids is 1. The summed E-state index contributed by atoms with van der Waals surface area (Å²) in [7, 11) is 0. The number of hydrogen-bond donors (Lipinski definition) is 2. The van der Waals surface area contributed by atoms with Crippen LogP contribution in [0.3, 0.4) is 0 Å². The average molecular weight is 457 g/mol. The van der Waals surface area contributed by atoms with Crippen LogP contribution in [0.15, 0.2) is 47.5 Å². The monoisotopic (exact) mass is 456 g/mol. The van der Waals surface area contributed by atoms with E-state index in [2.05, 4.69) is 34.3 Å². The number of nitriles is 2. The molecule has 3 rings (SSSR count). The molecule has 1 atom stereocenters. The minimum absolute atomic E-state index is 0.0316. The van der Waals surface area contributed by atoms with Gasteiger partial charge in [0, 0.05) is 11.3 Å². The maximum absolute atomic E-state index is 12.9. The predicted molar refractivity (Wildman–Crippen MR) is 130 cm³/mol. The maximum atomic E-state index is 12.9. The number of aryl methyl sites for hydroxylation is 2. The van der Waals surface area contributed by atoms with Crippen LogP contribution in [-0.4, -0.2) is 21.1 Å². The Hall–Kier alpha value is -3.88. The molecule has 1 amide bonds. The van der Waals surface area contributed by atoms with Crippen molar-refractivity contribution in [1.82, 2.24) is 9.97 Å². The topological polar surface area (TPSA) is 128 Å². The van der Waals surface area contributed by atoms with Gasteiger partial charge < -0.3 is 11.1 Å². The molecule has 7 nitrogen and oxygen atoms in total. The van der Waals surface area contributed by atoms with E-state index in [-0.39, 0.29) is 22.9 Å². The van der Waals surface area contributed by atoms with Crippen LogP contribution in [0.5, 0.6) is 0 Å². The lowest BCUT2D eigenvalue weighted by molar-refractivity contribution is -0.115. The van der Waals surface area contributed by atoms with Crippen LogP contribution in [0.1, 0.15) is 42.7 Å².